The van der Waals surface area contributed by atoms with Crippen molar-refractivity contribution in [1.82, 2.24) is 5.32 Å². The van der Waals surface area contributed by atoms with Crippen LogP contribution in [0.1, 0.15) is 11.1 Å². The Morgan fingerprint density at radius 2 is 1.69 bits per heavy atom. The SMILES string of the molecule is CN(C)c1ccc(/C=C2/N=C(SCC(=O)NCCc3ccc(S(N)(=O)=O)cc3)N(c3ccccc3)C2=O)cc1. The average Bonchev–Trinajstić information content (AvgIpc) is 3.22. The molecule has 0 bridgehead atoms. The van der Waals surface area contributed by atoms with Crippen LogP contribution in [0.2, 0.25) is 0 Å². The van der Waals surface area contributed by atoms with Gasteiger partial charge in [0.25, 0.3) is 5.91 Å². The van der Waals surface area contributed by atoms with Crippen molar-refractivity contribution in [2.24, 2.45) is 10.1 Å². The molecule has 0 saturated carbocycles. The van der Waals surface area contributed by atoms with E-state index in [1.807, 2.05) is 73.6 Å². The van der Waals surface area contributed by atoms with Crippen LogP contribution in [0, 0.1) is 0 Å². The van der Waals surface area contributed by atoms with Crippen molar-refractivity contribution in [2.75, 3.05) is 36.2 Å². The molecule has 0 spiro atoms. The number of nitrogens with two attached hydrogens (primary N) is 1. The minimum Gasteiger partial charge on any atom is -0.378 e. The van der Waals surface area contributed by atoms with Crippen molar-refractivity contribution in [3.05, 3.63) is 95.7 Å². The molecule has 3 N–H and O–H groups in total. The van der Waals surface area contributed by atoms with Crippen LogP contribution in [0.15, 0.2) is 94.4 Å². The third-order valence-electron chi connectivity index (χ3n) is 5.88. The Morgan fingerprint density at radius 3 is 2.31 bits per heavy atom. The maximum absolute atomic E-state index is 13.3. The second-order valence-corrected chi connectivity index (χ2v) is 11.5. The molecule has 0 atom stereocenters. The molecule has 39 heavy (non-hydrogen) atoms. The number of amides is 2. The Hall–Kier alpha value is -3.93. The third-order valence-corrected chi connectivity index (χ3v) is 7.74. The van der Waals surface area contributed by atoms with Gasteiger partial charge in [0, 0.05) is 26.3 Å². The molecule has 3 aromatic carbocycles. The third kappa shape index (κ3) is 7.34. The van der Waals surface area contributed by atoms with Crippen LogP contribution in [0.25, 0.3) is 6.08 Å². The number of thioether (sulfide) groups is 1. The van der Waals surface area contributed by atoms with Gasteiger partial charge in [-0.2, -0.15) is 0 Å². The highest BCUT2D eigenvalue weighted by Crippen LogP contribution is 2.29. The van der Waals surface area contributed by atoms with Gasteiger partial charge in [0.2, 0.25) is 15.9 Å². The number of para-hydroxylation sites is 1. The lowest BCUT2D eigenvalue weighted by Gasteiger charge is -2.17. The first-order chi connectivity index (χ1) is 18.6. The topological polar surface area (TPSA) is 125 Å². The van der Waals surface area contributed by atoms with Gasteiger partial charge in [-0.25, -0.2) is 18.5 Å². The van der Waals surface area contributed by atoms with Crippen molar-refractivity contribution in [2.45, 2.75) is 11.3 Å². The number of aliphatic imine (C=N–C) groups is 1. The number of anilines is 2. The van der Waals surface area contributed by atoms with Crippen LogP contribution in [0.5, 0.6) is 0 Å². The Labute approximate surface area is 232 Å². The summed E-state index contributed by atoms with van der Waals surface area (Å²) in [6, 6.07) is 23.2. The van der Waals surface area contributed by atoms with E-state index in [0.29, 0.717) is 29.5 Å². The molecule has 3 aromatic rings. The molecule has 4 rings (SSSR count). The monoisotopic (exact) mass is 563 g/mol. The van der Waals surface area contributed by atoms with E-state index in [0.717, 1.165) is 16.8 Å². The number of carbonyl (C=O) groups is 2. The fourth-order valence-electron chi connectivity index (χ4n) is 3.80. The first-order valence-corrected chi connectivity index (χ1v) is 14.6. The molecule has 2 amide bonds. The van der Waals surface area contributed by atoms with Gasteiger partial charge >= 0.3 is 0 Å². The van der Waals surface area contributed by atoms with Crippen molar-refractivity contribution in [3.8, 4) is 0 Å². The average molecular weight is 564 g/mol. The summed E-state index contributed by atoms with van der Waals surface area (Å²) in [5.74, 6) is -0.394. The standard InChI is InChI=1S/C28H29N5O4S2/c1-32(2)22-12-8-21(9-13-22)18-25-27(35)33(23-6-4-3-5-7-23)28(31-25)38-19-26(34)30-17-16-20-10-14-24(15-11-20)39(29,36)37/h3-15,18H,16-17,19H2,1-2H3,(H,30,34)(H2,29,36,37)/b25-18+. The van der Waals surface area contributed by atoms with E-state index in [4.69, 9.17) is 5.14 Å². The molecule has 0 aliphatic carbocycles. The van der Waals surface area contributed by atoms with Gasteiger partial charge in [0.15, 0.2) is 5.17 Å². The predicted octanol–water partition coefficient (Wildman–Crippen LogP) is 3.24. The van der Waals surface area contributed by atoms with Gasteiger partial charge in [-0.1, -0.05) is 54.2 Å². The molecular weight excluding hydrogens is 534 g/mol. The summed E-state index contributed by atoms with van der Waals surface area (Å²) in [5, 5.41) is 8.40. The van der Waals surface area contributed by atoms with Crippen molar-refractivity contribution in [3.63, 3.8) is 0 Å². The summed E-state index contributed by atoms with van der Waals surface area (Å²) in [6.07, 6.45) is 2.27. The lowest BCUT2D eigenvalue weighted by molar-refractivity contribution is -0.118. The van der Waals surface area contributed by atoms with Crippen LogP contribution in [-0.2, 0) is 26.0 Å². The maximum Gasteiger partial charge on any atom is 0.283 e. The molecular formula is C28H29N5O4S2. The molecule has 9 nitrogen and oxygen atoms in total. The number of nitrogens with one attached hydrogen (secondary N) is 1. The Balaban J connectivity index is 1.41. The lowest BCUT2D eigenvalue weighted by atomic mass is 10.1. The quantitative estimate of drug-likeness (QED) is 0.385. The van der Waals surface area contributed by atoms with Crippen LogP contribution < -0.4 is 20.3 Å². The van der Waals surface area contributed by atoms with Crippen LogP contribution in [0.3, 0.4) is 0 Å². The molecule has 1 aliphatic rings. The van der Waals surface area contributed by atoms with Gasteiger partial charge in [-0.15, -0.1) is 0 Å². The van der Waals surface area contributed by atoms with Crippen LogP contribution in [-0.4, -0.2) is 51.8 Å². The normalized spacial score (nSPS) is 14.4. The number of benzene rings is 3. The molecule has 11 heteroatoms. The molecule has 0 radical (unpaired) electrons. The molecule has 202 valence electrons. The highest BCUT2D eigenvalue weighted by atomic mass is 32.2. The van der Waals surface area contributed by atoms with E-state index in [1.54, 1.807) is 18.2 Å². The number of carbonyl (C=O) groups excluding carboxylic acids is 2. The number of sulfonamides is 1. The second kappa shape index (κ2) is 12.3. The van der Waals surface area contributed by atoms with E-state index in [1.165, 1.54) is 28.8 Å². The summed E-state index contributed by atoms with van der Waals surface area (Å²) in [7, 11) is 0.182. The minimum absolute atomic E-state index is 0.0422. The Morgan fingerprint density at radius 1 is 1.03 bits per heavy atom. The van der Waals surface area contributed by atoms with Crippen molar-refractivity contribution >= 4 is 56.2 Å². The van der Waals surface area contributed by atoms with E-state index in [9.17, 15) is 18.0 Å². The smallest absolute Gasteiger partial charge is 0.283 e. The fraction of sp³-hybridized carbons (Fsp3) is 0.179. The second-order valence-electron chi connectivity index (χ2n) is 8.96. The van der Waals surface area contributed by atoms with Crippen LogP contribution in [0.4, 0.5) is 11.4 Å². The van der Waals surface area contributed by atoms with Crippen LogP contribution >= 0.6 is 11.8 Å². The number of rotatable bonds is 9. The maximum atomic E-state index is 13.3. The number of nitrogens with zero attached hydrogens (tertiary/aromatic N) is 3. The molecule has 0 saturated heterocycles. The number of hydrogen-bond donors (Lipinski definition) is 2. The lowest BCUT2D eigenvalue weighted by Crippen LogP contribution is -2.32. The molecule has 1 aliphatic heterocycles. The van der Waals surface area contributed by atoms with Gasteiger partial charge in [-0.05, 0) is 60.0 Å². The summed E-state index contributed by atoms with van der Waals surface area (Å²) < 4.78 is 22.8. The van der Waals surface area contributed by atoms with Crippen molar-refractivity contribution < 1.29 is 18.0 Å². The van der Waals surface area contributed by atoms with Gasteiger partial charge < -0.3 is 10.2 Å². The highest BCUT2D eigenvalue weighted by Gasteiger charge is 2.32. The number of hydrogen-bond acceptors (Lipinski definition) is 7. The zero-order valence-electron chi connectivity index (χ0n) is 21.6. The summed E-state index contributed by atoms with van der Waals surface area (Å²) in [4.78, 5) is 34.0. The van der Waals surface area contributed by atoms with Gasteiger partial charge in [0.1, 0.15) is 5.70 Å². The summed E-state index contributed by atoms with van der Waals surface area (Å²) >= 11 is 1.19. The molecule has 0 aromatic heterocycles. The Kier molecular flexibility index (Phi) is 8.85. The summed E-state index contributed by atoms with van der Waals surface area (Å²) in [5.41, 5.74) is 3.73. The zero-order chi connectivity index (χ0) is 28.0. The Bertz CT molecular complexity index is 1500. The molecule has 0 fully saturated rings. The number of primary sulfonamides is 1. The van der Waals surface area contributed by atoms with E-state index < -0.39 is 10.0 Å². The fourth-order valence-corrected chi connectivity index (χ4v) is 5.16. The molecule has 1 heterocycles. The largest absolute Gasteiger partial charge is 0.378 e. The summed E-state index contributed by atoms with van der Waals surface area (Å²) in [6.45, 7) is 0.371. The van der Waals surface area contributed by atoms with Crippen molar-refractivity contribution in [1.29, 1.82) is 0 Å². The highest BCUT2D eigenvalue weighted by molar-refractivity contribution is 8.14. The van der Waals surface area contributed by atoms with E-state index in [-0.39, 0.29) is 22.5 Å². The van der Waals surface area contributed by atoms with Gasteiger partial charge in [0.05, 0.1) is 16.3 Å². The minimum atomic E-state index is -3.74. The van der Waals surface area contributed by atoms with Gasteiger partial charge in [-0.3, -0.25) is 14.5 Å². The van der Waals surface area contributed by atoms with E-state index >= 15 is 0 Å². The zero-order valence-corrected chi connectivity index (χ0v) is 23.2. The first-order valence-electron chi connectivity index (χ1n) is 12.1. The predicted molar refractivity (Wildman–Crippen MR) is 157 cm³/mol. The first kappa shape index (κ1) is 28.1. The number of amidine groups is 1. The molecule has 0 unspecified atom stereocenters. The van der Waals surface area contributed by atoms with E-state index in [2.05, 4.69) is 10.3 Å².